The van der Waals surface area contributed by atoms with Crippen LogP contribution in [0.25, 0.3) is 0 Å². The summed E-state index contributed by atoms with van der Waals surface area (Å²) < 4.78 is 5.26. The summed E-state index contributed by atoms with van der Waals surface area (Å²) in [6.45, 7) is 4.31. The summed E-state index contributed by atoms with van der Waals surface area (Å²) in [7, 11) is 1.71. The molecule has 2 aromatic carbocycles. The molecule has 0 aromatic heterocycles. The van der Waals surface area contributed by atoms with Crippen LogP contribution in [-0.4, -0.2) is 7.11 Å². The second-order valence-electron chi connectivity index (χ2n) is 6.05. The molecule has 0 heterocycles. The molecule has 1 aliphatic carbocycles. The van der Waals surface area contributed by atoms with Crippen molar-refractivity contribution in [3.8, 4) is 5.75 Å². The van der Waals surface area contributed by atoms with Gasteiger partial charge in [-0.25, -0.2) is 0 Å². The molecule has 1 aliphatic rings. The Labute approximate surface area is 127 Å². The van der Waals surface area contributed by atoms with Gasteiger partial charge in [-0.3, -0.25) is 0 Å². The Hall–Kier alpha value is -1.96. The van der Waals surface area contributed by atoms with E-state index in [1.807, 2.05) is 12.1 Å². The number of benzene rings is 2. The fourth-order valence-corrected chi connectivity index (χ4v) is 2.86. The fourth-order valence-electron chi connectivity index (χ4n) is 2.86. The standard InChI is InChI=1S/C19H23NO/c1-13-4-11-18(14(2)12-13)20-19(15-5-6-15)16-7-9-17(21-3)10-8-16/h4,7-12,15,19-20H,5-6H2,1-3H3. The van der Waals surface area contributed by atoms with Crippen LogP contribution >= 0.6 is 0 Å². The van der Waals surface area contributed by atoms with E-state index < -0.39 is 0 Å². The molecule has 1 unspecified atom stereocenters. The van der Waals surface area contributed by atoms with Crippen molar-refractivity contribution in [2.24, 2.45) is 5.92 Å². The molecular formula is C19H23NO. The number of rotatable bonds is 5. The van der Waals surface area contributed by atoms with Crippen LogP contribution in [0.1, 0.15) is 35.6 Å². The summed E-state index contributed by atoms with van der Waals surface area (Å²) >= 11 is 0. The van der Waals surface area contributed by atoms with Crippen molar-refractivity contribution < 1.29 is 4.74 Å². The largest absolute Gasteiger partial charge is 0.497 e. The predicted octanol–water partition coefficient (Wildman–Crippen LogP) is 4.88. The number of methoxy groups -OCH3 is 1. The number of ether oxygens (including phenoxy) is 1. The molecule has 1 atom stereocenters. The topological polar surface area (TPSA) is 21.3 Å². The molecule has 0 radical (unpaired) electrons. The van der Waals surface area contributed by atoms with Crippen LogP contribution in [0.2, 0.25) is 0 Å². The molecule has 21 heavy (non-hydrogen) atoms. The molecule has 0 bridgehead atoms. The summed E-state index contributed by atoms with van der Waals surface area (Å²) in [6, 6.07) is 15.5. The molecule has 1 N–H and O–H groups in total. The van der Waals surface area contributed by atoms with Gasteiger partial charge < -0.3 is 10.1 Å². The summed E-state index contributed by atoms with van der Waals surface area (Å²) in [5, 5.41) is 3.75. The van der Waals surface area contributed by atoms with Gasteiger partial charge in [-0.1, -0.05) is 29.8 Å². The molecule has 110 valence electrons. The Balaban J connectivity index is 1.84. The molecule has 2 aromatic rings. The van der Waals surface area contributed by atoms with Crippen molar-refractivity contribution in [1.29, 1.82) is 0 Å². The third kappa shape index (κ3) is 3.21. The first-order valence-electron chi connectivity index (χ1n) is 7.65. The second kappa shape index (κ2) is 5.80. The minimum Gasteiger partial charge on any atom is -0.497 e. The Morgan fingerprint density at radius 3 is 2.33 bits per heavy atom. The van der Waals surface area contributed by atoms with E-state index in [9.17, 15) is 0 Å². The van der Waals surface area contributed by atoms with Gasteiger partial charge >= 0.3 is 0 Å². The first-order chi connectivity index (χ1) is 10.2. The SMILES string of the molecule is COc1ccc(C(Nc2ccc(C)cc2C)C2CC2)cc1. The highest BCUT2D eigenvalue weighted by Gasteiger charge is 2.32. The Morgan fingerprint density at radius 2 is 1.76 bits per heavy atom. The van der Waals surface area contributed by atoms with Gasteiger partial charge in [0.1, 0.15) is 5.75 Å². The molecule has 2 nitrogen and oxygen atoms in total. The van der Waals surface area contributed by atoms with Gasteiger partial charge in [0.05, 0.1) is 13.2 Å². The van der Waals surface area contributed by atoms with E-state index in [0.717, 1.165) is 11.7 Å². The quantitative estimate of drug-likeness (QED) is 0.843. The van der Waals surface area contributed by atoms with Crippen LogP contribution in [0.5, 0.6) is 5.75 Å². The monoisotopic (exact) mass is 281 g/mol. The Kier molecular flexibility index (Phi) is 3.87. The van der Waals surface area contributed by atoms with Crippen molar-refractivity contribution in [3.63, 3.8) is 0 Å². The summed E-state index contributed by atoms with van der Waals surface area (Å²) in [5.74, 6) is 1.67. The van der Waals surface area contributed by atoms with E-state index in [-0.39, 0.29) is 0 Å². The maximum Gasteiger partial charge on any atom is 0.118 e. The van der Waals surface area contributed by atoms with E-state index in [0.29, 0.717) is 6.04 Å². The maximum absolute atomic E-state index is 5.26. The summed E-state index contributed by atoms with van der Waals surface area (Å²) in [5.41, 5.74) is 5.21. The normalized spacial score (nSPS) is 15.6. The number of hydrogen-bond donors (Lipinski definition) is 1. The minimum absolute atomic E-state index is 0.400. The predicted molar refractivity (Wildman–Crippen MR) is 88.0 cm³/mol. The van der Waals surface area contributed by atoms with Crippen LogP contribution < -0.4 is 10.1 Å². The highest BCUT2D eigenvalue weighted by Crippen LogP contribution is 2.43. The van der Waals surface area contributed by atoms with Crippen molar-refractivity contribution in [1.82, 2.24) is 0 Å². The molecule has 0 saturated heterocycles. The highest BCUT2D eigenvalue weighted by atomic mass is 16.5. The van der Waals surface area contributed by atoms with E-state index in [1.54, 1.807) is 7.11 Å². The van der Waals surface area contributed by atoms with Crippen LogP contribution in [0, 0.1) is 19.8 Å². The van der Waals surface area contributed by atoms with Gasteiger partial charge in [0.25, 0.3) is 0 Å². The van der Waals surface area contributed by atoms with Gasteiger partial charge in [0, 0.05) is 5.69 Å². The fraction of sp³-hybridized carbons (Fsp3) is 0.368. The van der Waals surface area contributed by atoms with Gasteiger partial charge in [-0.05, 0) is 61.9 Å². The third-order valence-electron chi connectivity index (χ3n) is 4.26. The van der Waals surface area contributed by atoms with Crippen molar-refractivity contribution >= 4 is 5.69 Å². The van der Waals surface area contributed by atoms with Gasteiger partial charge in [-0.2, -0.15) is 0 Å². The lowest BCUT2D eigenvalue weighted by Gasteiger charge is -2.22. The van der Waals surface area contributed by atoms with E-state index >= 15 is 0 Å². The lowest BCUT2D eigenvalue weighted by molar-refractivity contribution is 0.414. The van der Waals surface area contributed by atoms with Crippen molar-refractivity contribution in [2.75, 3.05) is 12.4 Å². The van der Waals surface area contributed by atoms with Crippen LogP contribution in [-0.2, 0) is 0 Å². The molecular weight excluding hydrogens is 258 g/mol. The van der Waals surface area contributed by atoms with E-state index in [2.05, 4.69) is 49.5 Å². The zero-order valence-electron chi connectivity index (χ0n) is 13.0. The molecule has 1 saturated carbocycles. The number of anilines is 1. The lowest BCUT2D eigenvalue weighted by atomic mass is 10.0. The Bertz CT molecular complexity index is 614. The minimum atomic E-state index is 0.400. The zero-order chi connectivity index (χ0) is 14.8. The maximum atomic E-state index is 5.26. The van der Waals surface area contributed by atoms with E-state index in [4.69, 9.17) is 4.74 Å². The lowest BCUT2D eigenvalue weighted by Crippen LogP contribution is -2.13. The first kappa shape index (κ1) is 14.0. The van der Waals surface area contributed by atoms with Crippen molar-refractivity contribution in [2.45, 2.75) is 32.7 Å². The van der Waals surface area contributed by atoms with Gasteiger partial charge in [0.15, 0.2) is 0 Å². The first-order valence-corrected chi connectivity index (χ1v) is 7.65. The van der Waals surface area contributed by atoms with Crippen molar-refractivity contribution in [3.05, 3.63) is 59.2 Å². The number of aryl methyl sites for hydroxylation is 2. The molecule has 2 heteroatoms. The number of hydrogen-bond acceptors (Lipinski definition) is 2. The van der Waals surface area contributed by atoms with Crippen LogP contribution in [0.4, 0.5) is 5.69 Å². The summed E-state index contributed by atoms with van der Waals surface area (Å²) in [4.78, 5) is 0. The number of nitrogens with one attached hydrogen (secondary N) is 1. The molecule has 3 rings (SSSR count). The van der Waals surface area contributed by atoms with Crippen LogP contribution in [0.3, 0.4) is 0 Å². The molecule has 0 amide bonds. The Morgan fingerprint density at radius 1 is 1.05 bits per heavy atom. The van der Waals surface area contributed by atoms with E-state index in [1.165, 1.54) is 35.2 Å². The molecule has 1 fully saturated rings. The molecule has 0 aliphatic heterocycles. The smallest absolute Gasteiger partial charge is 0.118 e. The highest BCUT2D eigenvalue weighted by molar-refractivity contribution is 5.54. The average Bonchev–Trinajstić information content (AvgIpc) is 3.31. The third-order valence-corrected chi connectivity index (χ3v) is 4.26. The molecule has 0 spiro atoms. The average molecular weight is 281 g/mol. The zero-order valence-corrected chi connectivity index (χ0v) is 13.0. The van der Waals surface area contributed by atoms with Crippen LogP contribution in [0.15, 0.2) is 42.5 Å². The van der Waals surface area contributed by atoms with Gasteiger partial charge in [-0.15, -0.1) is 0 Å². The van der Waals surface area contributed by atoms with Gasteiger partial charge in [0.2, 0.25) is 0 Å². The second-order valence-corrected chi connectivity index (χ2v) is 6.05. The summed E-state index contributed by atoms with van der Waals surface area (Å²) in [6.07, 6.45) is 2.63.